The fourth-order valence-corrected chi connectivity index (χ4v) is 5.32. The number of para-hydroxylation sites is 1. The van der Waals surface area contributed by atoms with Gasteiger partial charge in [0, 0.05) is 30.3 Å². The van der Waals surface area contributed by atoms with Crippen LogP contribution in [0.5, 0.6) is 0 Å². The minimum Gasteiger partial charge on any atom is -0.402 e. The lowest BCUT2D eigenvalue weighted by atomic mass is 10.0. The summed E-state index contributed by atoms with van der Waals surface area (Å²) in [4.78, 5) is 24.2. The van der Waals surface area contributed by atoms with Crippen LogP contribution >= 0.6 is 0 Å². The van der Waals surface area contributed by atoms with Crippen LogP contribution in [0.3, 0.4) is 0 Å². The number of rotatable bonds is 5. The van der Waals surface area contributed by atoms with Crippen molar-refractivity contribution in [2.75, 3.05) is 28.6 Å². The molecule has 2 N–H and O–H groups in total. The summed E-state index contributed by atoms with van der Waals surface area (Å²) in [5.74, 6) is -0.726. The number of aromatic nitrogens is 3. The van der Waals surface area contributed by atoms with Crippen molar-refractivity contribution < 1.29 is 18.3 Å². The van der Waals surface area contributed by atoms with E-state index in [4.69, 9.17) is 14.1 Å². The average Bonchev–Trinajstić information content (AvgIpc) is 3.53. The number of nitrogens with one attached hydrogen (secondary N) is 2. The number of aliphatic imine (C=N–C) groups is 1. The zero-order chi connectivity index (χ0) is 26.3. The molecule has 2 aromatic heterocycles. The molecule has 7 rings (SSSR count). The van der Waals surface area contributed by atoms with Gasteiger partial charge in [-0.3, -0.25) is 4.79 Å². The van der Waals surface area contributed by atoms with Crippen molar-refractivity contribution in [3.63, 3.8) is 0 Å². The maximum absolute atomic E-state index is 14.3. The number of pyridine rings is 1. The van der Waals surface area contributed by atoms with E-state index in [2.05, 4.69) is 30.7 Å². The van der Waals surface area contributed by atoms with Crippen LogP contribution in [0, 0.1) is 5.82 Å². The summed E-state index contributed by atoms with van der Waals surface area (Å²) < 4.78 is 26.1. The van der Waals surface area contributed by atoms with Crippen molar-refractivity contribution in [3.05, 3.63) is 83.8 Å². The van der Waals surface area contributed by atoms with Crippen LogP contribution in [0.25, 0.3) is 11.6 Å². The van der Waals surface area contributed by atoms with Gasteiger partial charge in [0.15, 0.2) is 5.69 Å². The Morgan fingerprint density at radius 1 is 1.00 bits per heavy atom. The monoisotopic (exact) mass is 525 g/mol. The van der Waals surface area contributed by atoms with Gasteiger partial charge in [0.1, 0.15) is 5.82 Å². The SMILES string of the molecule is O=C1Nc2ccccc2C(c2ccccc2)=N[C@@H]1Nc1nnc(-c2ncc(F)cc2N2CC3CCC(C2)O3)o1. The van der Waals surface area contributed by atoms with Crippen LogP contribution in [-0.4, -0.2) is 58.3 Å². The second kappa shape index (κ2) is 9.59. The molecule has 2 saturated heterocycles. The molecule has 0 radical (unpaired) electrons. The lowest BCUT2D eigenvalue weighted by molar-refractivity contribution is -0.116. The van der Waals surface area contributed by atoms with Crippen LogP contribution in [0.4, 0.5) is 21.8 Å². The van der Waals surface area contributed by atoms with Gasteiger partial charge in [-0.2, -0.15) is 0 Å². The molecule has 3 aliphatic heterocycles. The third-order valence-electron chi connectivity index (χ3n) is 7.10. The highest BCUT2D eigenvalue weighted by Gasteiger charge is 2.35. The summed E-state index contributed by atoms with van der Waals surface area (Å²) in [5, 5.41) is 14.1. The van der Waals surface area contributed by atoms with Crippen LogP contribution in [0.1, 0.15) is 24.0 Å². The molecule has 5 heterocycles. The van der Waals surface area contributed by atoms with Crippen molar-refractivity contribution in [1.29, 1.82) is 0 Å². The van der Waals surface area contributed by atoms with Crippen LogP contribution in [-0.2, 0) is 9.53 Å². The van der Waals surface area contributed by atoms with E-state index in [1.807, 2.05) is 54.6 Å². The van der Waals surface area contributed by atoms with Crippen molar-refractivity contribution >= 4 is 29.0 Å². The standard InChI is InChI=1S/C28H24FN7O3/c29-17-12-22(36-14-18-10-11-19(15-36)38-18)24(30-13-17)27-34-35-28(39-27)33-25-26(37)31-21-9-5-4-8-20(21)23(32-25)16-6-2-1-3-7-16/h1-9,12-13,18-19,25H,10-11,14-15H2,(H,31,37)(H,33,35)/t18?,19?,25-/m1/s1. The maximum atomic E-state index is 14.3. The molecule has 2 bridgehead atoms. The first-order valence-electron chi connectivity index (χ1n) is 12.8. The number of morpholine rings is 1. The molecule has 10 nitrogen and oxygen atoms in total. The number of anilines is 3. The lowest BCUT2D eigenvalue weighted by Gasteiger charge is -2.34. The molecule has 0 saturated carbocycles. The number of nitrogens with zero attached hydrogens (tertiary/aromatic N) is 5. The van der Waals surface area contributed by atoms with Gasteiger partial charge in [0.25, 0.3) is 11.8 Å². The van der Waals surface area contributed by atoms with E-state index in [9.17, 15) is 9.18 Å². The number of halogens is 1. The van der Waals surface area contributed by atoms with Gasteiger partial charge in [-0.1, -0.05) is 53.6 Å². The topological polar surface area (TPSA) is 118 Å². The van der Waals surface area contributed by atoms with Gasteiger partial charge in [-0.15, -0.1) is 5.10 Å². The Morgan fingerprint density at radius 2 is 1.77 bits per heavy atom. The van der Waals surface area contributed by atoms with Crippen LogP contribution < -0.4 is 15.5 Å². The Balaban J connectivity index is 1.20. The molecule has 2 fully saturated rings. The van der Waals surface area contributed by atoms with Crippen molar-refractivity contribution in [3.8, 4) is 11.6 Å². The third-order valence-corrected chi connectivity index (χ3v) is 7.10. The summed E-state index contributed by atoms with van der Waals surface area (Å²) in [7, 11) is 0. The van der Waals surface area contributed by atoms with Gasteiger partial charge >= 0.3 is 6.01 Å². The summed E-state index contributed by atoms with van der Waals surface area (Å²) in [6.45, 7) is 1.27. The Bertz CT molecular complexity index is 1560. The highest BCUT2D eigenvalue weighted by molar-refractivity contribution is 6.19. The number of hydrogen-bond donors (Lipinski definition) is 2. The quantitative estimate of drug-likeness (QED) is 0.403. The third kappa shape index (κ3) is 4.50. The summed E-state index contributed by atoms with van der Waals surface area (Å²) >= 11 is 0. The smallest absolute Gasteiger partial charge is 0.317 e. The zero-order valence-electron chi connectivity index (χ0n) is 20.8. The molecule has 196 valence electrons. The van der Waals surface area contributed by atoms with Crippen LogP contribution in [0.15, 0.2) is 76.3 Å². The lowest BCUT2D eigenvalue weighted by Crippen LogP contribution is -2.43. The van der Waals surface area contributed by atoms with Crippen LogP contribution in [0.2, 0.25) is 0 Å². The molecule has 11 heteroatoms. The van der Waals surface area contributed by atoms with E-state index in [1.165, 1.54) is 6.07 Å². The summed E-state index contributed by atoms with van der Waals surface area (Å²) in [5.41, 5.74) is 3.89. The van der Waals surface area contributed by atoms with E-state index in [0.717, 1.165) is 30.2 Å². The molecule has 0 spiro atoms. The predicted octanol–water partition coefficient (Wildman–Crippen LogP) is 3.87. The first-order valence-corrected chi connectivity index (χ1v) is 12.8. The Kier molecular flexibility index (Phi) is 5.77. The number of carbonyl (C=O) groups excluding carboxylic acids is 1. The number of carbonyl (C=O) groups is 1. The Morgan fingerprint density at radius 3 is 2.59 bits per heavy atom. The molecule has 3 aliphatic rings. The molecule has 4 aromatic rings. The second-order valence-electron chi connectivity index (χ2n) is 9.72. The molecule has 0 aliphatic carbocycles. The number of fused-ring (bicyclic) bond motifs is 3. The van der Waals surface area contributed by atoms with E-state index in [0.29, 0.717) is 35.9 Å². The van der Waals surface area contributed by atoms with Gasteiger partial charge in [-0.05, 0) is 18.9 Å². The van der Waals surface area contributed by atoms with E-state index < -0.39 is 12.0 Å². The predicted molar refractivity (Wildman–Crippen MR) is 142 cm³/mol. The number of benzodiazepines with no additional fused rings is 1. The Hall–Kier alpha value is -4.64. The number of ether oxygens (including phenoxy) is 1. The van der Waals surface area contributed by atoms with Gasteiger partial charge in [0.05, 0.1) is 35.5 Å². The minimum absolute atomic E-state index is 0.00797. The first kappa shape index (κ1) is 23.5. The highest BCUT2D eigenvalue weighted by atomic mass is 19.1. The van der Waals surface area contributed by atoms with E-state index in [-0.39, 0.29) is 30.0 Å². The van der Waals surface area contributed by atoms with Crippen molar-refractivity contribution in [2.45, 2.75) is 31.2 Å². The molecular weight excluding hydrogens is 501 g/mol. The van der Waals surface area contributed by atoms with Gasteiger partial charge in [0.2, 0.25) is 6.17 Å². The van der Waals surface area contributed by atoms with Crippen molar-refractivity contribution in [2.24, 2.45) is 4.99 Å². The molecule has 2 aromatic carbocycles. The fraction of sp³-hybridized carbons (Fsp3) is 0.250. The minimum atomic E-state index is -1.04. The highest BCUT2D eigenvalue weighted by Crippen LogP contribution is 2.35. The Labute approximate surface area is 222 Å². The molecule has 3 atom stereocenters. The molecule has 1 amide bonds. The largest absolute Gasteiger partial charge is 0.402 e. The number of amides is 1. The average molecular weight is 526 g/mol. The molecule has 39 heavy (non-hydrogen) atoms. The summed E-state index contributed by atoms with van der Waals surface area (Å²) in [6, 6.07) is 18.5. The second-order valence-corrected chi connectivity index (χ2v) is 9.72. The molecule has 2 unspecified atom stereocenters. The normalized spacial score (nSPS) is 22.1. The first-order chi connectivity index (χ1) is 19.1. The van der Waals surface area contributed by atoms with Gasteiger partial charge in [-0.25, -0.2) is 14.4 Å². The van der Waals surface area contributed by atoms with Crippen molar-refractivity contribution in [1.82, 2.24) is 15.2 Å². The molecular formula is C28H24FN7O3. The zero-order valence-corrected chi connectivity index (χ0v) is 20.8. The van der Waals surface area contributed by atoms with E-state index >= 15 is 0 Å². The fourth-order valence-electron chi connectivity index (χ4n) is 5.32. The summed E-state index contributed by atoms with van der Waals surface area (Å²) in [6.07, 6.45) is 2.25. The number of hydrogen-bond acceptors (Lipinski definition) is 9. The number of benzene rings is 2. The van der Waals surface area contributed by atoms with E-state index in [1.54, 1.807) is 0 Å². The maximum Gasteiger partial charge on any atom is 0.317 e. The van der Waals surface area contributed by atoms with Gasteiger partial charge < -0.3 is 24.7 Å².